The molecule has 1 rings (SSSR count). The molecule has 27 heavy (non-hydrogen) atoms. The van der Waals surface area contributed by atoms with Crippen molar-refractivity contribution in [2.75, 3.05) is 32.9 Å². The molecule has 1 aliphatic rings. The molecule has 1 saturated heterocycles. The first-order chi connectivity index (χ1) is 12.9. The fourth-order valence-corrected chi connectivity index (χ4v) is 6.88. The lowest BCUT2D eigenvalue weighted by Crippen LogP contribution is -2.57. The second kappa shape index (κ2) is 13.7. The van der Waals surface area contributed by atoms with Gasteiger partial charge in [0.25, 0.3) is 0 Å². The van der Waals surface area contributed by atoms with Gasteiger partial charge < -0.3 is 9.30 Å². The number of carbonyl (C=O) groups is 1. The zero-order valence-corrected chi connectivity index (χ0v) is 19.9. The van der Waals surface area contributed by atoms with Crippen LogP contribution in [0.3, 0.4) is 0 Å². The molecule has 1 fully saturated rings. The molecule has 1 unspecified atom stereocenters. The van der Waals surface area contributed by atoms with Crippen molar-refractivity contribution in [3.8, 4) is 0 Å². The Hall–Kier alpha value is -0.393. The molecule has 0 bridgehead atoms. The van der Waals surface area contributed by atoms with E-state index in [2.05, 4.69) is 29.5 Å². The minimum Gasteiger partial charge on any atom is -0.466 e. The molecule has 5 heteroatoms. The number of hydrogen-bond acceptors (Lipinski definition) is 4. The maximum atomic E-state index is 11.9. The van der Waals surface area contributed by atoms with E-state index in [4.69, 9.17) is 4.74 Å². The maximum absolute atomic E-state index is 11.9. The number of ether oxygens (including phenoxy) is 1. The van der Waals surface area contributed by atoms with Crippen molar-refractivity contribution in [3.05, 3.63) is 0 Å². The topological polar surface area (TPSA) is 32.8 Å². The number of esters is 1. The van der Waals surface area contributed by atoms with Gasteiger partial charge in [-0.2, -0.15) is 0 Å². The lowest BCUT2D eigenvalue weighted by molar-refractivity contribution is -0.148. The highest BCUT2D eigenvalue weighted by Gasteiger charge is 2.32. The second-order valence-corrected chi connectivity index (χ2v) is 13.8. The molecule has 4 nitrogen and oxygen atoms in total. The van der Waals surface area contributed by atoms with E-state index in [9.17, 15) is 4.79 Å². The SMILES string of the molecule is CCCCCCCCCC[Si](C)(C)N1CCCN(CC(C)C(=O)OCC)C1. The lowest BCUT2D eigenvalue weighted by atomic mass is 10.1. The average Bonchev–Trinajstić information content (AvgIpc) is 2.64. The average molecular weight is 399 g/mol. The monoisotopic (exact) mass is 398 g/mol. The van der Waals surface area contributed by atoms with Crippen LogP contribution in [0.1, 0.15) is 78.6 Å². The Morgan fingerprint density at radius 2 is 1.63 bits per heavy atom. The van der Waals surface area contributed by atoms with Crippen molar-refractivity contribution >= 4 is 14.2 Å². The first kappa shape index (κ1) is 24.6. The van der Waals surface area contributed by atoms with Crippen LogP contribution in [-0.4, -0.2) is 56.6 Å². The fraction of sp³-hybridized carbons (Fsp3) is 0.955. The summed E-state index contributed by atoms with van der Waals surface area (Å²) in [7, 11) is -1.34. The third-order valence-corrected chi connectivity index (χ3v) is 9.65. The lowest BCUT2D eigenvalue weighted by Gasteiger charge is -2.44. The molecule has 1 atom stereocenters. The fourth-order valence-electron chi connectivity index (χ4n) is 4.11. The first-order valence-corrected chi connectivity index (χ1v) is 14.7. The predicted octanol–water partition coefficient (Wildman–Crippen LogP) is 5.50. The highest BCUT2D eigenvalue weighted by Crippen LogP contribution is 2.23. The van der Waals surface area contributed by atoms with Crippen LogP contribution in [0.15, 0.2) is 0 Å². The summed E-state index contributed by atoms with van der Waals surface area (Å²) < 4.78 is 7.94. The van der Waals surface area contributed by atoms with Crippen molar-refractivity contribution in [1.82, 2.24) is 9.47 Å². The second-order valence-electron chi connectivity index (χ2n) is 9.03. The molecule has 1 heterocycles. The molecular formula is C22H46N2O2Si. The van der Waals surface area contributed by atoms with E-state index in [0.29, 0.717) is 6.61 Å². The van der Waals surface area contributed by atoms with Crippen LogP contribution in [-0.2, 0) is 9.53 Å². The summed E-state index contributed by atoms with van der Waals surface area (Å²) in [6, 6.07) is 1.41. The summed E-state index contributed by atoms with van der Waals surface area (Å²) in [5, 5.41) is 0. The zero-order chi connectivity index (χ0) is 20.1. The number of rotatable bonds is 14. The van der Waals surface area contributed by atoms with Crippen LogP contribution in [0.2, 0.25) is 19.1 Å². The van der Waals surface area contributed by atoms with Crippen LogP contribution in [0.4, 0.5) is 0 Å². The van der Waals surface area contributed by atoms with Crippen LogP contribution in [0.25, 0.3) is 0 Å². The molecule has 0 aromatic carbocycles. The summed E-state index contributed by atoms with van der Waals surface area (Å²) in [6.07, 6.45) is 12.4. The Morgan fingerprint density at radius 3 is 2.26 bits per heavy atom. The van der Waals surface area contributed by atoms with Crippen molar-refractivity contribution in [3.63, 3.8) is 0 Å². The van der Waals surface area contributed by atoms with E-state index in [1.165, 1.54) is 70.4 Å². The zero-order valence-electron chi connectivity index (χ0n) is 18.9. The summed E-state index contributed by atoms with van der Waals surface area (Å²) in [4.78, 5) is 14.4. The van der Waals surface area contributed by atoms with Gasteiger partial charge in [-0.25, -0.2) is 0 Å². The quantitative estimate of drug-likeness (QED) is 0.220. The minimum absolute atomic E-state index is 0.0256. The summed E-state index contributed by atoms with van der Waals surface area (Å²) in [6.45, 7) is 15.9. The number of nitrogens with zero attached hydrogens (tertiary/aromatic N) is 2. The summed E-state index contributed by atoms with van der Waals surface area (Å²) >= 11 is 0. The number of hydrogen-bond donors (Lipinski definition) is 0. The maximum Gasteiger partial charge on any atom is 0.309 e. The molecule has 1 aliphatic heterocycles. The molecule has 0 radical (unpaired) electrons. The smallest absolute Gasteiger partial charge is 0.309 e. The van der Waals surface area contributed by atoms with Crippen LogP contribution < -0.4 is 0 Å². The van der Waals surface area contributed by atoms with Crippen LogP contribution >= 0.6 is 0 Å². The molecule has 0 aromatic rings. The van der Waals surface area contributed by atoms with Gasteiger partial charge in [-0.05, 0) is 25.9 Å². The number of unbranched alkanes of at least 4 members (excludes halogenated alkanes) is 7. The molecule has 0 spiro atoms. The Balaban J connectivity index is 2.29. The van der Waals surface area contributed by atoms with Gasteiger partial charge in [0.15, 0.2) is 0 Å². The van der Waals surface area contributed by atoms with Gasteiger partial charge in [0.05, 0.1) is 12.5 Å². The molecule has 0 aromatic heterocycles. The van der Waals surface area contributed by atoms with Crippen LogP contribution in [0, 0.1) is 5.92 Å². The Kier molecular flexibility index (Phi) is 12.5. The van der Waals surface area contributed by atoms with Crippen molar-refractivity contribution in [2.24, 2.45) is 5.92 Å². The van der Waals surface area contributed by atoms with E-state index < -0.39 is 8.24 Å². The highest BCUT2D eigenvalue weighted by molar-refractivity contribution is 6.74. The molecule has 0 saturated carbocycles. The van der Waals surface area contributed by atoms with Gasteiger partial charge in [-0.3, -0.25) is 9.69 Å². The van der Waals surface area contributed by atoms with E-state index >= 15 is 0 Å². The Bertz CT molecular complexity index is 404. The van der Waals surface area contributed by atoms with Gasteiger partial charge in [0.1, 0.15) is 8.24 Å². The van der Waals surface area contributed by atoms with E-state index in [-0.39, 0.29) is 11.9 Å². The van der Waals surface area contributed by atoms with Crippen LogP contribution in [0.5, 0.6) is 0 Å². The summed E-state index contributed by atoms with van der Waals surface area (Å²) in [5.41, 5.74) is 0. The van der Waals surface area contributed by atoms with E-state index in [1.54, 1.807) is 0 Å². The summed E-state index contributed by atoms with van der Waals surface area (Å²) in [5.74, 6) is -0.0764. The van der Waals surface area contributed by atoms with Gasteiger partial charge in [-0.15, -0.1) is 0 Å². The van der Waals surface area contributed by atoms with E-state index in [1.807, 2.05) is 13.8 Å². The molecule has 160 valence electrons. The Morgan fingerprint density at radius 1 is 1.00 bits per heavy atom. The standard InChI is InChI=1S/C22H46N2O2Si/c1-6-8-9-10-11-12-13-14-18-27(4,5)24-17-15-16-23(20-24)19-21(3)22(25)26-7-2/h21H,6-20H2,1-5H3. The Labute approximate surface area is 170 Å². The number of carbonyl (C=O) groups excluding carboxylic acids is 1. The first-order valence-electron chi connectivity index (χ1n) is 11.5. The minimum atomic E-state index is -1.34. The van der Waals surface area contributed by atoms with Gasteiger partial charge in [0, 0.05) is 19.8 Å². The van der Waals surface area contributed by atoms with Gasteiger partial charge >= 0.3 is 5.97 Å². The molecular weight excluding hydrogens is 352 g/mol. The molecule has 0 amide bonds. The third kappa shape index (κ3) is 10.1. The third-order valence-electron chi connectivity index (χ3n) is 5.99. The normalized spacial score (nSPS) is 17.8. The van der Waals surface area contributed by atoms with Crippen molar-refractivity contribution in [1.29, 1.82) is 0 Å². The van der Waals surface area contributed by atoms with E-state index in [0.717, 1.165) is 19.8 Å². The highest BCUT2D eigenvalue weighted by atomic mass is 28.3. The molecule has 0 N–H and O–H groups in total. The van der Waals surface area contributed by atoms with Crippen molar-refractivity contribution in [2.45, 2.75) is 97.7 Å². The van der Waals surface area contributed by atoms with Crippen molar-refractivity contribution < 1.29 is 9.53 Å². The molecule has 0 aliphatic carbocycles. The van der Waals surface area contributed by atoms with Gasteiger partial charge in [0.2, 0.25) is 0 Å². The predicted molar refractivity (Wildman–Crippen MR) is 118 cm³/mol. The van der Waals surface area contributed by atoms with Gasteiger partial charge in [-0.1, -0.05) is 78.3 Å². The largest absolute Gasteiger partial charge is 0.466 e.